The number of rotatable bonds is 8. The first kappa shape index (κ1) is 16.9. The van der Waals surface area contributed by atoms with Gasteiger partial charge in [-0.2, -0.15) is 0 Å². The number of nitrogens with zero attached hydrogens (tertiary/aromatic N) is 1. The van der Waals surface area contributed by atoms with Crippen molar-refractivity contribution in [2.24, 2.45) is 0 Å². The summed E-state index contributed by atoms with van der Waals surface area (Å²) in [6.07, 6.45) is -3.03. The number of hydrogen-bond donors (Lipinski definition) is 3. The van der Waals surface area contributed by atoms with Crippen LogP contribution >= 0.6 is 0 Å². The summed E-state index contributed by atoms with van der Waals surface area (Å²) in [7, 11) is 0. The molecule has 0 aliphatic heterocycles. The van der Waals surface area contributed by atoms with Gasteiger partial charge in [0.05, 0.1) is 0 Å². The molecule has 1 rings (SSSR count). The second-order valence-corrected chi connectivity index (χ2v) is 4.77. The van der Waals surface area contributed by atoms with Gasteiger partial charge in [-0.05, 0) is 24.6 Å². The van der Waals surface area contributed by atoms with E-state index in [-0.39, 0.29) is 18.7 Å². The molecular weight excluding hydrogens is 274 g/mol. The van der Waals surface area contributed by atoms with Crippen LogP contribution < -0.4 is 4.90 Å². The molecule has 0 aromatic heterocycles. The number of Topliss-reactive ketones (excluding diaryl/α,β-unsaturated/α-hetero) is 1. The molecule has 21 heavy (non-hydrogen) atoms. The Kier molecular flexibility index (Phi) is 6.08. The maximum Gasteiger partial charge on any atom is 0.323 e. The van der Waals surface area contributed by atoms with Crippen LogP contribution in [-0.4, -0.2) is 52.4 Å². The number of carboxylic acids is 1. The maximum absolute atomic E-state index is 11.6. The number of carbonyl (C=O) groups excluding carboxylic acids is 1. The maximum atomic E-state index is 11.6. The summed E-state index contributed by atoms with van der Waals surface area (Å²) < 4.78 is 0. The lowest BCUT2D eigenvalue weighted by atomic mass is 10.0. The summed E-state index contributed by atoms with van der Waals surface area (Å²) in [5.41, 5.74) is 0.708. The third-order valence-corrected chi connectivity index (χ3v) is 2.91. The molecule has 0 bridgehead atoms. The number of benzene rings is 1. The third kappa shape index (κ3) is 5.02. The summed E-state index contributed by atoms with van der Waals surface area (Å²) >= 11 is 0. The minimum Gasteiger partial charge on any atom is -0.480 e. The van der Waals surface area contributed by atoms with Crippen molar-refractivity contribution in [3.63, 3.8) is 0 Å². The Hall–Kier alpha value is -2.18. The highest BCUT2D eigenvalue weighted by atomic mass is 16.4. The molecule has 0 fully saturated rings. The molecule has 114 valence electrons. The van der Waals surface area contributed by atoms with Crippen LogP contribution in [0.2, 0.25) is 0 Å². The fraction of sp³-hybridized carbons (Fsp3) is 0.333. The number of carbonyl (C=O) groups is 2. The third-order valence-electron chi connectivity index (χ3n) is 2.91. The average molecular weight is 293 g/mol. The smallest absolute Gasteiger partial charge is 0.323 e. The first-order chi connectivity index (χ1) is 9.82. The first-order valence-corrected chi connectivity index (χ1v) is 6.40. The van der Waals surface area contributed by atoms with Crippen molar-refractivity contribution in [2.75, 3.05) is 18.0 Å². The average Bonchev–Trinajstić information content (AvgIpc) is 2.45. The normalized spacial score (nSPS) is 13.3. The number of para-hydroxylation sites is 1. The molecular formula is C15H19NO5. The van der Waals surface area contributed by atoms with Gasteiger partial charge in [-0.15, -0.1) is 0 Å². The standard InChI is InChI=1S/C15H19NO5/c1-10(2)14(20)15(21)12(17)8-16(9-13(18)19)11-6-4-3-5-7-11/h3-7,12,15,17,21H,1,8-9H2,2H3,(H,18,19). The largest absolute Gasteiger partial charge is 0.480 e. The SMILES string of the molecule is C=C(C)C(=O)C(O)C(O)CN(CC(=O)O)c1ccccc1. The summed E-state index contributed by atoms with van der Waals surface area (Å²) in [5.74, 6) is -1.74. The van der Waals surface area contributed by atoms with E-state index >= 15 is 0 Å². The van der Waals surface area contributed by atoms with Gasteiger partial charge >= 0.3 is 5.97 Å². The predicted molar refractivity (Wildman–Crippen MR) is 78.1 cm³/mol. The van der Waals surface area contributed by atoms with Crippen molar-refractivity contribution in [1.29, 1.82) is 0 Å². The van der Waals surface area contributed by atoms with Crippen LogP contribution in [0.15, 0.2) is 42.5 Å². The highest BCUT2D eigenvalue weighted by Crippen LogP contribution is 2.15. The van der Waals surface area contributed by atoms with Gasteiger partial charge in [0.1, 0.15) is 18.8 Å². The fourth-order valence-electron chi connectivity index (χ4n) is 1.82. The molecule has 1 aromatic carbocycles. The monoisotopic (exact) mass is 293 g/mol. The van der Waals surface area contributed by atoms with Crippen molar-refractivity contribution in [3.05, 3.63) is 42.5 Å². The Morgan fingerprint density at radius 2 is 1.81 bits per heavy atom. The van der Waals surface area contributed by atoms with Crippen LogP contribution in [0.1, 0.15) is 6.92 Å². The van der Waals surface area contributed by atoms with E-state index in [1.807, 2.05) is 0 Å². The van der Waals surface area contributed by atoms with E-state index in [1.54, 1.807) is 30.3 Å². The van der Waals surface area contributed by atoms with Crippen LogP contribution in [0, 0.1) is 0 Å². The molecule has 2 atom stereocenters. The van der Waals surface area contributed by atoms with Crippen molar-refractivity contribution in [2.45, 2.75) is 19.1 Å². The van der Waals surface area contributed by atoms with Crippen molar-refractivity contribution >= 4 is 17.4 Å². The van der Waals surface area contributed by atoms with Crippen molar-refractivity contribution in [3.8, 4) is 0 Å². The quantitative estimate of drug-likeness (QED) is 0.602. The lowest BCUT2D eigenvalue weighted by Crippen LogP contribution is -2.44. The minimum atomic E-state index is -1.62. The number of anilines is 1. The Labute approximate surface area is 122 Å². The van der Waals surface area contributed by atoms with E-state index < -0.39 is 24.0 Å². The lowest BCUT2D eigenvalue weighted by Gasteiger charge is -2.27. The number of hydrogen-bond acceptors (Lipinski definition) is 5. The highest BCUT2D eigenvalue weighted by Gasteiger charge is 2.27. The second-order valence-electron chi connectivity index (χ2n) is 4.77. The molecule has 0 saturated carbocycles. The summed E-state index contributed by atoms with van der Waals surface area (Å²) in [6, 6.07) is 8.60. The van der Waals surface area contributed by atoms with Crippen LogP contribution in [0.25, 0.3) is 0 Å². The van der Waals surface area contributed by atoms with E-state index in [1.165, 1.54) is 11.8 Å². The van der Waals surface area contributed by atoms with Crippen LogP contribution in [0.4, 0.5) is 5.69 Å². The van der Waals surface area contributed by atoms with Crippen LogP contribution in [0.3, 0.4) is 0 Å². The molecule has 6 heteroatoms. The Bertz CT molecular complexity index is 514. The number of aliphatic carboxylic acids is 1. The zero-order chi connectivity index (χ0) is 16.0. The van der Waals surface area contributed by atoms with Gasteiger partial charge in [0.25, 0.3) is 0 Å². The molecule has 0 aliphatic rings. The van der Waals surface area contributed by atoms with Gasteiger partial charge in [-0.3, -0.25) is 9.59 Å². The lowest BCUT2D eigenvalue weighted by molar-refractivity contribution is -0.135. The van der Waals surface area contributed by atoms with Gasteiger partial charge in [-0.25, -0.2) is 0 Å². The highest BCUT2D eigenvalue weighted by molar-refractivity contribution is 5.98. The number of ketones is 1. The zero-order valence-electron chi connectivity index (χ0n) is 11.8. The van der Waals surface area contributed by atoms with E-state index in [4.69, 9.17) is 5.11 Å². The van der Waals surface area contributed by atoms with Gasteiger partial charge in [-0.1, -0.05) is 24.8 Å². The fourth-order valence-corrected chi connectivity index (χ4v) is 1.82. The summed E-state index contributed by atoms with van der Waals surface area (Å²) in [6.45, 7) is 4.31. The molecule has 3 N–H and O–H groups in total. The van der Waals surface area contributed by atoms with Gasteiger partial charge in [0, 0.05) is 12.2 Å². The van der Waals surface area contributed by atoms with Gasteiger partial charge < -0.3 is 20.2 Å². The zero-order valence-corrected chi connectivity index (χ0v) is 11.8. The van der Waals surface area contributed by atoms with Crippen LogP contribution in [-0.2, 0) is 9.59 Å². The van der Waals surface area contributed by atoms with Crippen LogP contribution in [0.5, 0.6) is 0 Å². The molecule has 6 nitrogen and oxygen atoms in total. The Balaban J connectivity index is 2.84. The topological polar surface area (TPSA) is 98.1 Å². The molecule has 2 unspecified atom stereocenters. The molecule has 0 spiro atoms. The van der Waals surface area contributed by atoms with Gasteiger partial charge in [0.2, 0.25) is 0 Å². The van der Waals surface area contributed by atoms with E-state index in [2.05, 4.69) is 6.58 Å². The van der Waals surface area contributed by atoms with E-state index in [9.17, 15) is 19.8 Å². The van der Waals surface area contributed by atoms with Crippen molar-refractivity contribution < 1.29 is 24.9 Å². The van der Waals surface area contributed by atoms with Gasteiger partial charge in [0.15, 0.2) is 5.78 Å². The number of aliphatic hydroxyl groups is 2. The molecule has 0 heterocycles. The first-order valence-electron chi connectivity index (χ1n) is 6.40. The summed E-state index contributed by atoms with van der Waals surface area (Å²) in [4.78, 5) is 23.9. The van der Waals surface area contributed by atoms with E-state index in [0.717, 1.165) is 0 Å². The molecule has 0 aliphatic carbocycles. The minimum absolute atomic E-state index is 0.131. The summed E-state index contributed by atoms with van der Waals surface area (Å²) in [5, 5.41) is 28.6. The van der Waals surface area contributed by atoms with Crippen molar-refractivity contribution in [1.82, 2.24) is 0 Å². The number of aliphatic hydroxyl groups excluding tert-OH is 2. The molecule has 0 saturated heterocycles. The second kappa shape index (κ2) is 7.56. The number of carboxylic acid groups (broad SMARTS) is 1. The molecule has 1 aromatic rings. The molecule has 0 radical (unpaired) electrons. The Morgan fingerprint density at radius 3 is 2.29 bits per heavy atom. The Morgan fingerprint density at radius 1 is 1.24 bits per heavy atom. The van der Waals surface area contributed by atoms with E-state index in [0.29, 0.717) is 5.69 Å². The molecule has 0 amide bonds. The predicted octanol–water partition coefficient (Wildman–Crippen LogP) is 0.445.